The number of fused-ring (bicyclic) bond motifs is 1. The quantitative estimate of drug-likeness (QED) is 0.515. The lowest BCUT2D eigenvalue weighted by Crippen LogP contribution is -2.65. The Kier molecular flexibility index (Phi) is 8.34. The molecule has 0 spiro atoms. The Balaban J connectivity index is 2.16. The molecule has 0 aromatic carbocycles. The monoisotopic (exact) mass is 528 g/mol. The van der Waals surface area contributed by atoms with Crippen molar-refractivity contribution in [3.63, 3.8) is 0 Å². The summed E-state index contributed by atoms with van der Waals surface area (Å²) in [5.74, 6) is -1.70. The fraction of sp³-hybridized carbons (Fsp3) is 0.783. The Morgan fingerprint density at radius 2 is 1.63 bits per heavy atom. The number of carbonyl (C=O) groups is 1. The Hall–Kier alpha value is -1.58. The maximum atomic E-state index is 12.6. The summed E-state index contributed by atoms with van der Waals surface area (Å²) < 4.78 is 28.5. The van der Waals surface area contributed by atoms with Gasteiger partial charge in [0.1, 0.15) is 12.3 Å². The molecule has 10 nitrogen and oxygen atoms in total. The van der Waals surface area contributed by atoms with Crippen LogP contribution in [0.25, 0.3) is 0 Å². The number of ether oxygens (including phenoxy) is 1. The average molecular weight is 529 g/mol. The second-order valence-electron chi connectivity index (χ2n) is 10.9. The molecule has 2 aliphatic heterocycles. The second kappa shape index (κ2) is 10.4. The van der Waals surface area contributed by atoms with Crippen molar-refractivity contribution in [2.75, 3.05) is 6.61 Å². The molecule has 2 saturated heterocycles. The summed E-state index contributed by atoms with van der Waals surface area (Å²) in [7, 11) is -5.78. The van der Waals surface area contributed by atoms with Crippen LogP contribution in [0.15, 0.2) is 21.9 Å². The maximum absolute atomic E-state index is 12.6. The van der Waals surface area contributed by atoms with Crippen LogP contribution in [0.5, 0.6) is 0 Å². The molecule has 3 rings (SSSR count). The number of aliphatic carboxylic acids is 1. The predicted octanol–water partition coefficient (Wildman–Crippen LogP) is 3.48. The van der Waals surface area contributed by atoms with E-state index in [4.69, 9.17) is 17.7 Å². The van der Waals surface area contributed by atoms with Crippen molar-refractivity contribution in [2.24, 2.45) is 5.92 Å². The van der Waals surface area contributed by atoms with Crippen molar-refractivity contribution in [1.29, 1.82) is 0 Å². The van der Waals surface area contributed by atoms with Crippen molar-refractivity contribution in [1.82, 2.24) is 9.55 Å². The highest BCUT2D eigenvalue weighted by molar-refractivity contribution is 6.83. The maximum Gasteiger partial charge on any atom is 0.335 e. The summed E-state index contributed by atoms with van der Waals surface area (Å²) in [5.41, 5.74) is -0.756. The van der Waals surface area contributed by atoms with E-state index in [2.05, 4.69) is 60.4 Å². The van der Waals surface area contributed by atoms with Crippen LogP contribution in [-0.2, 0) is 22.5 Å². The van der Waals surface area contributed by atoms with Gasteiger partial charge in [0.15, 0.2) is 0 Å². The fourth-order valence-electron chi connectivity index (χ4n) is 5.55. The molecule has 0 aliphatic carbocycles. The SMILES string of the molecule is CC(C)[Si]1(C(C)C)OC[C@H]2O[C@@H](n3ccc(=O)[nH]c3=O)[C@H](CC(=O)O)[C@@H]2O[Si](C(C)C)(C(C)C)O1. The van der Waals surface area contributed by atoms with Gasteiger partial charge in [-0.15, -0.1) is 0 Å². The van der Waals surface area contributed by atoms with Crippen molar-refractivity contribution in [3.05, 3.63) is 33.1 Å². The summed E-state index contributed by atoms with van der Waals surface area (Å²) in [4.78, 5) is 38.4. The van der Waals surface area contributed by atoms with E-state index in [1.54, 1.807) is 0 Å². The number of aromatic nitrogens is 2. The van der Waals surface area contributed by atoms with Gasteiger partial charge in [-0.1, -0.05) is 55.4 Å². The molecule has 2 aliphatic rings. The lowest BCUT2D eigenvalue weighted by Gasteiger charge is -2.51. The molecule has 35 heavy (non-hydrogen) atoms. The zero-order valence-electron chi connectivity index (χ0n) is 21.9. The zero-order valence-corrected chi connectivity index (χ0v) is 23.9. The van der Waals surface area contributed by atoms with Crippen LogP contribution in [-0.4, -0.2) is 56.6 Å². The molecule has 1 aromatic rings. The van der Waals surface area contributed by atoms with Gasteiger partial charge in [0, 0.05) is 18.2 Å². The first-order valence-electron chi connectivity index (χ1n) is 12.5. The topological polar surface area (TPSA) is 129 Å². The minimum absolute atomic E-state index is 0.0644. The van der Waals surface area contributed by atoms with Gasteiger partial charge in [-0.3, -0.25) is 19.1 Å². The minimum atomic E-state index is -2.99. The number of hydrogen-bond acceptors (Lipinski definition) is 7. The number of carboxylic acids is 1. The molecule has 4 atom stereocenters. The fourth-order valence-corrected chi connectivity index (χ4v) is 16.8. The van der Waals surface area contributed by atoms with E-state index in [0.29, 0.717) is 0 Å². The summed E-state index contributed by atoms with van der Waals surface area (Å²) in [5, 5.41) is 9.74. The first kappa shape index (κ1) is 28.0. The van der Waals surface area contributed by atoms with Crippen molar-refractivity contribution < 1.29 is 27.6 Å². The van der Waals surface area contributed by atoms with Crippen LogP contribution in [0.2, 0.25) is 22.2 Å². The highest BCUT2D eigenvalue weighted by atomic mass is 28.5. The Morgan fingerprint density at radius 1 is 1.06 bits per heavy atom. The summed E-state index contributed by atoms with van der Waals surface area (Å²) >= 11 is 0. The lowest BCUT2D eigenvalue weighted by molar-refractivity contribution is -0.139. The molecular formula is C23H40N2O8Si2. The van der Waals surface area contributed by atoms with E-state index in [1.165, 1.54) is 16.8 Å². The third-order valence-corrected chi connectivity index (χ3v) is 17.6. The van der Waals surface area contributed by atoms with Crippen LogP contribution in [0.4, 0.5) is 0 Å². The highest BCUT2D eigenvalue weighted by Crippen LogP contribution is 2.50. The van der Waals surface area contributed by atoms with Crippen molar-refractivity contribution >= 4 is 23.1 Å². The van der Waals surface area contributed by atoms with Gasteiger partial charge in [-0.2, -0.15) is 0 Å². The molecule has 2 fully saturated rings. The van der Waals surface area contributed by atoms with Crippen LogP contribution in [0.3, 0.4) is 0 Å². The standard InChI is InChI=1S/C23H40N2O8Si2/c1-13(2)34(14(3)4)30-12-18-21(32-35(33-34,15(5)6)16(7)8)17(11-20(27)28)22(31-18)25-10-9-19(26)24-23(25)29/h9-10,13-18,21-22H,11-12H2,1-8H3,(H,27,28)(H,24,26,29)/t17-,18-,21+,22-/m1/s1. The second-order valence-corrected chi connectivity index (χ2v) is 19.7. The lowest BCUT2D eigenvalue weighted by atomic mass is 9.96. The Bertz CT molecular complexity index is 1010. The number of carboxylic acid groups (broad SMARTS) is 1. The highest BCUT2D eigenvalue weighted by Gasteiger charge is 2.62. The van der Waals surface area contributed by atoms with E-state index in [1.807, 2.05) is 0 Å². The molecule has 0 bridgehead atoms. The molecule has 198 valence electrons. The predicted molar refractivity (Wildman–Crippen MR) is 135 cm³/mol. The summed E-state index contributed by atoms with van der Waals surface area (Å²) in [6, 6.07) is 1.22. The third-order valence-electron chi connectivity index (χ3n) is 7.34. The summed E-state index contributed by atoms with van der Waals surface area (Å²) in [6.07, 6.45) is -1.07. The number of nitrogens with zero attached hydrogens (tertiary/aromatic N) is 1. The van der Waals surface area contributed by atoms with Gasteiger partial charge in [-0.25, -0.2) is 4.79 Å². The van der Waals surface area contributed by atoms with Gasteiger partial charge in [0.05, 0.1) is 19.1 Å². The smallest absolute Gasteiger partial charge is 0.335 e. The molecule has 1 aromatic heterocycles. The number of aromatic amines is 1. The molecular weight excluding hydrogens is 488 g/mol. The number of rotatable bonds is 7. The molecule has 2 N–H and O–H groups in total. The molecule has 0 radical (unpaired) electrons. The van der Waals surface area contributed by atoms with Crippen LogP contribution in [0.1, 0.15) is 68.0 Å². The van der Waals surface area contributed by atoms with Crippen molar-refractivity contribution in [3.8, 4) is 0 Å². The molecule has 0 amide bonds. The normalized spacial score (nSPS) is 28.3. The molecule has 0 unspecified atom stereocenters. The first-order valence-corrected chi connectivity index (χ1v) is 16.4. The molecule has 3 heterocycles. The van der Waals surface area contributed by atoms with E-state index >= 15 is 0 Å². The van der Waals surface area contributed by atoms with Gasteiger partial charge in [-0.05, 0) is 22.2 Å². The summed E-state index contributed by atoms with van der Waals surface area (Å²) in [6.45, 7) is 17.0. The number of hydrogen-bond donors (Lipinski definition) is 2. The van der Waals surface area contributed by atoms with Gasteiger partial charge in [0.25, 0.3) is 5.56 Å². The van der Waals surface area contributed by atoms with Crippen molar-refractivity contribution in [2.45, 2.75) is 102 Å². The molecule has 0 saturated carbocycles. The molecule has 12 heteroatoms. The van der Waals surface area contributed by atoms with Crippen LogP contribution >= 0.6 is 0 Å². The van der Waals surface area contributed by atoms with E-state index in [9.17, 15) is 19.5 Å². The third kappa shape index (κ3) is 5.14. The minimum Gasteiger partial charge on any atom is -0.481 e. The Morgan fingerprint density at radius 3 is 2.11 bits per heavy atom. The largest absolute Gasteiger partial charge is 0.481 e. The van der Waals surface area contributed by atoms with E-state index in [-0.39, 0.29) is 35.2 Å². The van der Waals surface area contributed by atoms with Gasteiger partial charge in [0.2, 0.25) is 0 Å². The van der Waals surface area contributed by atoms with Gasteiger partial charge >= 0.3 is 28.8 Å². The van der Waals surface area contributed by atoms with E-state index in [0.717, 1.165) is 0 Å². The van der Waals surface area contributed by atoms with Crippen LogP contribution < -0.4 is 11.2 Å². The first-order chi connectivity index (χ1) is 16.2. The number of nitrogens with one attached hydrogen (secondary N) is 1. The van der Waals surface area contributed by atoms with Crippen LogP contribution in [0, 0.1) is 5.92 Å². The van der Waals surface area contributed by atoms with Gasteiger partial charge < -0.3 is 22.8 Å². The number of H-pyrrole nitrogens is 1. The van der Waals surface area contributed by atoms with E-state index < -0.39 is 58.7 Å². The Labute approximate surface area is 208 Å². The average Bonchev–Trinajstić information content (AvgIpc) is 3.02. The zero-order chi connectivity index (χ0) is 26.3.